The van der Waals surface area contributed by atoms with Gasteiger partial charge >= 0.3 is 0 Å². The van der Waals surface area contributed by atoms with Gasteiger partial charge in [-0.05, 0) is 35.0 Å². The van der Waals surface area contributed by atoms with E-state index in [4.69, 9.17) is 17.3 Å². The van der Waals surface area contributed by atoms with Crippen molar-refractivity contribution >= 4 is 39.1 Å². The molecule has 0 aliphatic carbocycles. The number of nitrogens with zero attached hydrogens (tertiary/aromatic N) is 1. The Morgan fingerprint density at radius 2 is 2.25 bits per heavy atom. The predicted molar refractivity (Wildman–Crippen MR) is 56.1 cm³/mol. The van der Waals surface area contributed by atoms with E-state index in [9.17, 15) is 0 Å². The molecule has 1 rings (SSSR count). The van der Waals surface area contributed by atoms with Crippen molar-refractivity contribution in [1.82, 2.24) is 0 Å². The van der Waals surface area contributed by atoms with Crippen molar-refractivity contribution in [3.05, 3.63) is 27.7 Å². The van der Waals surface area contributed by atoms with Gasteiger partial charge in [-0.25, -0.2) is 4.99 Å². The van der Waals surface area contributed by atoms with Crippen LogP contribution < -0.4 is 5.73 Å². The van der Waals surface area contributed by atoms with Crippen molar-refractivity contribution in [1.29, 1.82) is 0 Å². The molecule has 0 heterocycles. The van der Waals surface area contributed by atoms with E-state index in [0.29, 0.717) is 10.9 Å². The van der Waals surface area contributed by atoms with Crippen molar-refractivity contribution in [3.8, 4) is 0 Å². The van der Waals surface area contributed by atoms with Gasteiger partial charge < -0.3 is 5.73 Å². The van der Waals surface area contributed by atoms with Crippen molar-refractivity contribution in [2.24, 2.45) is 10.7 Å². The van der Waals surface area contributed by atoms with Crippen molar-refractivity contribution in [3.63, 3.8) is 0 Å². The maximum atomic E-state index is 5.84. The molecular weight excluding hydrogens is 239 g/mol. The molecule has 12 heavy (non-hydrogen) atoms. The lowest BCUT2D eigenvalue weighted by atomic mass is 10.3. The van der Waals surface area contributed by atoms with Gasteiger partial charge in [0, 0.05) is 0 Å². The predicted octanol–water partition coefficient (Wildman–Crippen LogP) is 3.11. The first-order valence-corrected chi connectivity index (χ1v) is 4.53. The zero-order valence-electron chi connectivity index (χ0n) is 6.51. The van der Waals surface area contributed by atoms with E-state index in [1.54, 1.807) is 13.0 Å². The van der Waals surface area contributed by atoms with Crippen molar-refractivity contribution in [2.75, 3.05) is 0 Å². The maximum absolute atomic E-state index is 5.84. The second kappa shape index (κ2) is 3.92. The minimum Gasteiger partial charge on any atom is -0.387 e. The van der Waals surface area contributed by atoms with Crippen LogP contribution in [0.3, 0.4) is 0 Å². The minimum absolute atomic E-state index is 0.512. The van der Waals surface area contributed by atoms with Crippen LogP contribution in [0.5, 0.6) is 0 Å². The number of benzene rings is 1. The van der Waals surface area contributed by atoms with E-state index in [0.717, 1.165) is 10.2 Å². The van der Waals surface area contributed by atoms with Gasteiger partial charge in [0.25, 0.3) is 0 Å². The first-order valence-electron chi connectivity index (χ1n) is 3.36. The highest BCUT2D eigenvalue weighted by Crippen LogP contribution is 2.31. The van der Waals surface area contributed by atoms with Crippen molar-refractivity contribution in [2.45, 2.75) is 6.92 Å². The average molecular weight is 248 g/mol. The molecule has 0 radical (unpaired) electrons. The van der Waals surface area contributed by atoms with Gasteiger partial charge in [0.05, 0.1) is 21.0 Å². The van der Waals surface area contributed by atoms with Crippen LogP contribution in [0, 0.1) is 0 Å². The minimum atomic E-state index is 0.512. The van der Waals surface area contributed by atoms with Gasteiger partial charge in [0.1, 0.15) is 0 Å². The summed E-state index contributed by atoms with van der Waals surface area (Å²) in [7, 11) is 0. The summed E-state index contributed by atoms with van der Waals surface area (Å²) in [5.41, 5.74) is 6.18. The third kappa shape index (κ3) is 2.22. The van der Waals surface area contributed by atoms with Crippen LogP contribution in [0.25, 0.3) is 0 Å². The SMILES string of the molecule is CC(N)=Nc1cccc(Cl)c1Br. The Hall–Kier alpha value is -0.540. The number of rotatable bonds is 1. The zero-order valence-corrected chi connectivity index (χ0v) is 8.85. The molecule has 0 fully saturated rings. The summed E-state index contributed by atoms with van der Waals surface area (Å²) < 4.78 is 0.775. The zero-order chi connectivity index (χ0) is 9.14. The van der Waals surface area contributed by atoms with Crippen LogP contribution in [0.2, 0.25) is 5.02 Å². The van der Waals surface area contributed by atoms with Gasteiger partial charge in [0.15, 0.2) is 0 Å². The average Bonchev–Trinajstić information content (AvgIpc) is 1.98. The van der Waals surface area contributed by atoms with E-state index in [-0.39, 0.29) is 0 Å². The first kappa shape index (κ1) is 9.55. The number of hydrogen-bond acceptors (Lipinski definition) is 1. The molecule has 1 aromatic carbocycles. The van der Waals surface area contributed by atoms with Crippen LogP contribution in [-0.2, 0) is 0 Å². The second-order valence-corrected chi connectivity index (χ2v) is 3.53. The molecule has 4 heteroatoms. The molecule has 0 atom stereocenters. The highest BCUT2D eigenvalue weighted by atomic mass is 79.9. The molecule has 0 aliphatic rings. The Morgan fingerprint density at radius 1 is 1.58 bits per heavy atom. The highest BCUT2D eigenvalue weighted by molar-refractivity contribution is 9.10. The fraction of sp³-hybridized carbons (Fsp3) is 0.125. The molecule has 0 saturated heterocycles. The number of amidine groups is 1. The van der Waals surface area contributed by atoms with Crippen LogP contribution in [0.15, 0.2) is 27.7 Å². The van der Waals surface area contributed by atoms with Crippen molar-refractivity contribution < 1.29 is 0 Å². The summed E-state index contributed by atoms with van der Waals surface area (Å²) >= 11 is 9.15. The van der Waals surface area contributed by atoms with Gasteiger partial charge in [-0.3, -0.25) is 0 Å². The van der Waals surface area contributed by atoms with Crippen LogP contribution in [0.1, 0.15) is 6.92 Å². The third-order valence-corrected chi connectivity index (χ3v) is 2.60. The third-order valence-electron chi connectivity index (χ3n) is 1.23. The van der Waals surface area contributed by atoms with E-state index >= 15 is 0 Å². The smallest absolute Gasteiger partial charge is 0.0965 e. The quantitative estimate of drug-likeness (QED) is 0.601. The fourth-order valence-corrected chi connectivity index (χ4v) is 1.29. The van der Waals surface area contributed by atoms with Crippen LogP contribution in [-0.4, -0.2) is 5.84 Å². The lowest BCUT2D eigenvalue weighted by molar-refractivity contribution is 1.43. The summed E-state index contributed by atoms with van der Waals surface area (Å²) in [4.78, 5) is 4.08. The topological polar surface area (TPSA) is 38.4 Å². The molecule has 64 valence electrons. The van der Waals surface area contributed by atoms with Gasteiger partial charge in [-0.1, -0.05) is 17.7 Å². The molecule has 0 aliphatic heterocycles. The largest absolute Gasteiger partial charge is 0.387 e. The normalized spacial score (nSPS) is 11.8. The van der Waals surface area contributed by atoms with E-state index in [1.807, 2.05) is 12.1 Å². The molecule has 1 aromatic rings. The second-order valence-electron chi connectivity index (χ2n) is 2.33. The number of nitrogens with two attached hydrogens (primary N) is 1. The molecule has 2 N–H and O–H groups in total. The molecule has 0 bridgehead atoms. The van der Waals surface area contributed by atoms with E-state index in [2.05, 4.69) is 20.9 Å². The first-order chi connectivity index (χ1) is 5.61. The molecule has 2 nitrogen and oxygen atoms in total. The lowest BCUT2D eigenvalue weighted by Crippen LogP contribution is -2.03. The Balaban J connectivity index is 3.17. The highest BCUT2D eigenvalue weighted by Gasteiger charge is 2.01. The molecule has 0 spiro atoms. The summed E-state index contributed by atoms with van der Waals surface area (Å²) in [6, 6.07) is 5.46. The van der Waals surface area contributed by atoms with E-state index in [1.165, 1.54) is 0 Å². The van der Waals surface area contributed by atoms with Crippen LogP contribution in [0.4, 0.5) is 5.69 Å². The molecular formula is C8H8BrClN2. The monoisotopic (exact) mass is 246 g/mol. The van der Waals surface area contributed by atoms with Crippen LogP contribution >= 0.6 is 27.5 Å². The number of halogens is 2. The standard InChI is InChI=1S/C8H8BrClN2/c1-5(11)12-7-4-2-3-6(10)8(7)9/h2-4H,1H3,(H2,11,12). The molecule has 0 unspecified atom stereocenters. The Bertz CT molecular complexity index is 319. The summed E-state index contributed by atoms with van der Waals surface area (Å²) in [6.45, 7) is 1.73. The van der Waals surface area contributed by atoms with Gasteiger partial charge in [-0.15, -0.1) is 0 Å². The molecule has 0 saturated carbocycles. The van der Waals surface area contributed by atoms with Gasteiger partial charge in [-0.2, -0.15) is 0 Å². The maximum Gasteiger partial charge on any atom is 0.0965 e. The van der Waals surface area contributed by atoms with Gasteiger partial charge in [0.2, 0.25) is 0 Å². The summed E-state index contributed by atoms with van der Waals surface area (Å²) in [6.07, 6.45) is 0. The number of aliphatic imine (C=N–C) groups is 1. The molecule has 0 amide bonds. The Labute approximate surface area is 84.6 Å². The summed E-state index contributed by atoms with van der Waals surface area (Å²) in [5, 5.41) is 0.637. The Kier molecular flexibility index (Phi) is 3.12. The lowest BCUT2D eigenvalue weighted by Gasteiger charge is -2.00. The Morgan fingerprint density at radius 3 is 2.83 bits per heavy atom. The van der Waals surface area contributed by atoms with E-state index < -0.39 is 0 Å². The summed E-state index contributed by atoms with van der Waals surface area (Å²) in [5.74, 6) is 0.512. The fourth-order valence-electron chi connectivity index (χ4n) is 0.769. The number of hydrogen-bond donors (Lipinski definition) is 1. The molecule has 0 aromatic heterocycles.